The highest BCUT2D eigenvalue weighted by atomic mass is 32.1. The molecule has 154 valence electrons. The van der Waals surface area contributed by atoms with Crippen molar-refractivity contribution in [3.8, 4) is 11.3 Å². The van der Waals surface area contributed by atoms with Crippen LogP contribution in [0, 0.1) is 0 Å². The zero-order valence-corrected chi connectivity index (χ0v) is 18.4. The van der Waals surface area contributed by atoms with E-state index in [0.29, 0.717) is 18.8 Å². The van der Waals surface area contributed by atoms with Crippen LogP contribution >= 0.6 is 25.3 Å². The molecule has 0 aliphatic heterocycles. The summed E-state index contributed by atoms with van der Waals surface area (Å²) in [6.07, 6.45) is 5.74. The number of imidazole rings is 1. The van der Waals surface area contributed by atoms with Gasteiger partial charge in [-0.05, 0) is 12.1 Å². The monoisotopic (exact) mass is 430 g/mol. The van der Waals surface area contributed by atoms with Crippen LogP contribution in [0.25, 0.3) is 16.9 Å². The molecule has 0 aliphatic carbocycles. The van der Waals surface area contributed by atoms with Crippen molar-refractivity contribution in [2.45, 2.75) is 0 Å². The fraction of sp³-hybridized carbons (Fsp3) is 0.350. The lowest BCUT2D eigenvalue weighted by molar-refractivity contribution is -0.118. The summed E-state index contributed by atoms with van der Waals surface area (Å²) in [7, 11) is 4.04. The summed E-state index contributed by atoms with van der Waals surface area (Å²) in [5.41, 5.74) is 3.89. The van der Waals surface area contributed by atoms with Gasteiger partial charge in [-0.25, -0.2) is 9.97 Å². The summed E-state index contributed by atoms with van der Waals surface area (Å²) in [4.78, 5) is 24.8. The highest BCUT2D eigenvalue weighted by Gasteiger charge is 2.11. The van der Waals surface area contributed by atoms with E-state index >= 15 is 0 Å². The Morgan fingerprint density at radius 2 is 1.90 bits per heavy atom. The van der Waals surface area contributed by atoms with Gasteiger partial charge in [-0.15, -0.1) is 0 Å². The minimum absolute atomic E-state index is 0.0814. The summed E-state index contributed by atoms with van der Waals surface area (Å²) >= 11 is 8.32. The number of nitrogens with one attached hydrogen (secondary N) is 1. The Morgan fingerprint density at radius 1 is 1.14 bits per heavy atom. The van der Waals surface area contributed by atoms with Crippen molar-refractivity contribution >= 4 is 48.3 Å². The van der Waals surface area contributed by atoms with E-state index in [1.54, 1.807) is 6.20 Å². The molecule has 0 radical (unpaired) electrons. The largest absolute Gasteiger partial charge is 0.378 e. The van der Waals surface area contributed by atoms with Gasteiger partial charge in [0.1, 0.15) is 5.82 Å². The van der Waals surface area contributed by atoms with Gasteiger partial charge >= 0.3 is 0 Å². The third kappa shape index (κ3) is 5.36. The summed E-state index contributed by atoms with van der Waals surface area (Å²) in [6, 6.07) is 8.30. The normalized spacial score (nSPS) is 10.9. The Morgan fingerprint density at radius 3 is 2.55 bits per heavy atom. The number of hydrogen-bond acceptors (Lipinski definition) is 7. The second-order valence-corrected chi connectivity index (χ2v) is 7.56. The van der Waals surface area contributed by atoms with Crippen molar-refractivity contribution in [3.63, 3.8) is 0 Å². The Hall–Kier alpha value is -2.39. The zero-order valence-electron chi connectivity index (χ0n) is 16.6. The van der Waals surface area contributed by atoms with E-state index in [-0.39, 0.29) is 11.7 Å². The van der Waals surface area contributed by atoms with Crippen molar-refractivity contribution in [3.05, 3.63) is 42.9 Å². The Bertz CT molecular complexity index is 957. The molecule has 1 N–H and O–H groups in total. The topological polar surface area (TPSA) is 65.8 Å². The summed E-state index contributed by atoms with van der Waals surface area (Å²) in [6.45, 7) is 1.90. The number of carbonyl (C=O) groups is 1. The molecule has 0 atom stereocenters. The van der Waals surface area contributed by atoms with Gasteiger partial charge in [-0.2, -0.15) is 25.3 Å². The molecule has 0 aliphatic rings. The third-order valence-corrected chi connectivity index (χ3v) is 5.04. The number of aromatic nitrogens is 3. The summed E-state index contributed by atoms with van der Waals surface area (Å²) < 4.78 is 1.98. The minimum atomic E-state index is -0.0814. The van der Waals surface area contributed by atoms with Gasteiger partial charge in [0, 0.05) is 56.9 Å². The molecule has 0 unspecified atom stereocenters. The molecule has 1 amide bonds. The van der Waals surface area contributed by atoms with Crippen molar-refractivity contribution in [1.29, 1.82) is 0 Å². The molecule has 0 saturated heterocycles. The number of amides is 1. The van der Waals surface area contributed by atoms with Crippen LogP contribution in [-0.4, -0.2) is 65.5 Å². The second kappa shape index (κ2) is 9.89. The van der Waals surface area contributed by atoms with E-state index in [4.69, 9.17) is 0 Å². The van der Waals surface area contributed by atoms with Gasteiger partial charge in [-0.1, -0.05) is 12.1 Å². The predicted molar refractivity (Wildman–Crippen MR) is 126 cm³/mol. The lowest BCUT2D eigenvalue weighted by Crippen LogP contribution is -2.37. The van der Waals surface area contributed by atoms with Gasteiger partial charge in [0.25, 0.3) is 0 Å². The molecule has 29 heavy (non-hydrogen) atoms. The average Bonchev–Trinajstić information content (AvgIpc) is 3.16. The van der Waals surface area contributed by atoms with E-state index in [1.807, 2.05) is 30.9 Å². The molecule has 1 aromatic carbocycles. The minimum Gasteiger partial charge on any atom is -0.378 e. The second-order valence-electron chi connectivity index (χ2n) is 6.80. The lowest BCUT2D eigenvalue weighted by Gasteiger charge is -2.23. The first-order valence-electron chi connectivity index (χ1n) is 9.37. The van der Waals surface area contributed by atoms with Crippen molar-refractivity contribution in [2.75, 3.05) is 55.0 Å². The quantitative estimate of drug-likeness (QED) is 0.455. The van der Waals surface area contributed by atoms with Crippen LogP contribution in [0.3, 0.4) is 0 Å². The number of anilines is 2. The molecule has 0 saturated carbocycles. The fourth-order valence-corrected chi connectivity index (χ4v) is 3.32. The maximum atomic E-state index is 11.4. The number of hydrogen-bond donors (Lipinski definition) is 3. The standard InChI is InChI=1S/C20H26N6OS2/c1-24(2)16-5-3-15(4-6-16)17-12-26-13-19(22-11-18(26)23-17)25(9-10-28)8-7-21-20(27)14-29/h3-6,11-13,28-29H,7-10,14H2,1-2H3,(H,21,27). The van der Waals surface area contributed by atoms with Gasteiger partial charge < -0.3 is 19.5 Å². The molecule has 9 heteroatoms. The molecule has 2 aromatic heterocycles. The maximum Gasteiger partial charge on any atom is 0.229 e. The molecule has 0 bridgehead atoms. The van der Waals surface area contributed by atoms with Crippen molar-refractivity contribution < 1.29 is 4.79 Å². The van der Waals surface area contributed by atoms with Gasteiger partial charge in [0.05, 0.1) is 23.8 Å². The van der Waals surface area contributed by atoms with Crippen LogP contribution < -0.4 is 15.1 Å². The highest BCUT2D eigenvalue weighted by Crippen LogP contribution is 2.23. The van der Waals surface area contributed by atoms with E-state index in [2.05, 4.69) is 74.6 Å². The smallest absolute Gasteiger partial charge is 0.229 e. The van der Waals surface area contributed by atoms with Crippen LogP contribution in [-0.2, 0) is 4.79 Å². The Balaban J connectivity index is 1.80. The number of benzene rings is 1. The summed E-state index contributed by atoms with van der Waals surface area (Å²) in [5, 5.41) is 2.83. The van der Waals surface area contributed by atoms with E-state index in [9.17, 15) is 4.79 Å². The molecule has 0 spiro atoms. The van der Waals surface area contributed by atoms with Gasteiger partial charge in [0.2, 0.25) is 5.91 Å². The first-order chi connectivity index (χ1) is 14.0. The van der Waals surface area contributed by atoms with Crippen LogP contribution in [0.2, 0.25) is 0 Å². The Kier molecular flexibility index (Phi) is 7.27. The van der Waals surface area contributed by atoms with Crippen molar-refractivity contribution in [1.82, 2.24) is 19.7 Å². The summed E-state index contributed by atoms with van der Waals surface area (Å²) in [5.74, 6) is 1.61. The first kappa shape index (κ1) is 21.3. The van der Waals surface area contributed by atoms with Crippen LogP contribution in [0.15, 0.2) is 42.9 Å². The van der Waals surface area contributed by atoms with E-state index in [1.165, 1.54) is 0 Å². The zero-order chi connectivity index (χ0) is 20.8. The molecule has 3 rings (SSSR count). The Labute approximate surface area is 182 Å². The molecule has 2 heterocycles. The molecular formula is C20H26N6OS2. The van der Waals surface area contributed by atoms with Gasteiger partial charge in [-0.3, -0.25) is 4.79 Å². The van der Waals surface area contributed by atoms with Crippen LogP contribution in [0.4, 0.5) is 11.5 Å². The first-order valence-corrected chi connectivity index (χ1v) is 10.6. The van der Waals surface area contributed by atoms with E-state index in [0.717, 1.165) is 35.0 Å². The number of carbonyl (C=O) groups excluding carboxylic acids is 1. The number of nitrogens with zero attached hydrogens (tertiary/aromatic N) is 5. The SMILES string of the molecule is CN(C)c1ccc(-c2cn3cc(N(CCS)CCNC(=O)CS)ncc3n2)cc1. The third-order valence-electron chi connectivity index (χ3n) is 4.55. The number of thiol groups is 2. The van der Waals surface area contributed by atoms with Crippen LogP contribution in [0.5, 0.6) is 0 Å². The highest BCUT2D eigenvalue weighted by molar-refractivity contribution is 7.81. The van der Waals surface area contributed by atoms with Crippen LogP contribution in [0.1, 0.15) is 0 Å². The van der Waals surface area contributed by atoms with Gasteiger partial charge in [0.15, 0.2) is 5.65 Å². The van der Waals surface area contributed by atoms with E-state index < -0.39 is 0 Å². The molecule has 3 aromatic rings. The molecule has 0 fully saturated rings. The lowest BCUT2D eigenvalue weighted by atomic mass is 10.1. The molecular weight excluding hydrogens is 404 g/mol. The average molecular weight is 431 g/mol. The van der Waals surface area contributed by atoms with Crippen molar-refractivity contribution in [2.24, 2.45) is 0 Å². The maximum absolute atomic E-state index is 11.4. The fourth-order valence-electron chi connectivity index (χ4n) is 2.97. The predicted octanol–water partition coefficient (Wildman–Crippen LogP) is 2.24. The molecule has 7 nitrogen and oxygen atoms in total. The number of fused-ring (bicyclic) bond motifs is 1. The number of rotatable bonds is 9.